The number of aromatic nitrogens is 1. The lowest BCUT2D eigenvalue weighted by Crippen LogP contribution is -2.36. The van der Waals surface area contributed by atoms with Crippen LogP contribution in [-0.2, 0) is 6.54 Å². The fourth-order valence-electron chi connectivity index (χ4n) is 2.98. The SMILES string of the molecule is CCC(NCc1ncc(Br)cc1Br)C1CCCCC1. The molecule has 2 nitrogen and oxygen atoms in total. The average molecular weight is 390 g/mol. The second-order valence-corrected chi connectivity index (χ2v) is 7.15. The van der Waals surface area contributed by atoms with E-state index in [-0.39, 0.29) is 0 Å². The Morgan fingerprint density at radius 3 is 2.68 bits per heavy atom. The Kier molecular flexibility index (Phi) is 6.30. The molecule has 0 saturated heterocycles. The number of hydrogen-bond acceptors (Lipinski definition) is 2. The zero-order valence-corrected chi connectivity index (χ0v) is 14.6. The summed E-state index contributed by atoms with van der Waals surface area (Å²) in [5, 5.41) is 3.71. The van der Waals surface area contributed by atoms with Crippen LogP contribution in [0.5, 0.6) is 0 Å². The van der Waals surface area contributed by atoms with Gasteiger partial charge in [-0.3, -0.25) is 4.98 Å². The number of nitrogens with zero attached hydrogens (tertiary/aromatic N) is 1. The van der Waals surface area contributed by atoms with Crippen LogP contribution in [0.2, 0.25) is 0 Å². The van der Waals surface area contributed by atoms with Crippen LogP contribution in [0, 0.1) is 5.92 Å². The molecule has 0 bridgehead atoms. The number of hydrogen-bond donors (Lipinski definition) is 1. The molecular formula is C15H22Br2N2. The van der Waals surface area contributed by atoms with E-state index in [4.69, 9.17) is 0 Å². The predicted molar refractivity (Wildman–Crippen MR) is 87.1 cm³/mol. The fraction of sp³-hybridized carbons (Fsp3) is 0.667. The lowest BCUT2D eigenvalue weighted by Gasteiger charge is -2.30. The molecule has 0 aromatic carbocycles. The Hall–Kier alpha value is 0.0700. The van der Waals surface area contributed by atoms with Crippen molar-refractivity contribution in [3.8, 4) is 0 Å². The lowest BCUT2D eigenvalue weighted by atomic mass is 9.83. The third kappa shape index (κ3) is 4.54. The maximum Gasteiger partial charge on any atom is 0.0684 e. The molecule has 0 amide bonds. The Balaban J connectivity index is 1.91. The van der Waals surface area contributed by atoms with E-state index in [1.54, 1.807) is 0 Å². The van der Waals surface area contributed by atoms with E-state index in [2.05, 4.69) is 55.2 Å². The molecule has 106 valence electrons. The first-order valence-corrected chi connectivity index (χ1v) is 8.82. The lowest BCUT2D eigenvalue weighted by molar-refractivity contribution is 0.261. The highest BCUT2D eigenvalue weighted by molar-refractivity contribution is 9.11. The van der Waals surface area contributed by atoms with Gasteiger partial charge in [0.25, 0.3) is 0 Å². The van der Waals surface area contributed by atoms with E-state index >= 15 is 0 Å². The molecule has 1 saturated carbocycles. The highest BCUT2D eigenvalue weighted by Gasteiger charge is 2.22. The van der Waals surface area contributed by atoms with E-state index in [1.165, 1.54) is 38.5 Å². The van der Waals surface area contributed by atoms with Gasteiger partial charge in [0.1, 0.15) is 0 Å². The zero-order chi connectivity index (χ0) is 13.7. The Morgan fingerprint density at radius 1 is 1.32 bits per heavy atom. The first-order chi connectivity index (χ1) is 9.20. The van der Waals surface area contributed by atoms with Crippen LogP contribution in [0.1, 0.15) is 51.1 Å². The minimum atomic E-state index is 0.637. The summed E-state index contributed by atoms with van der Waals surface area (Å²) in [7, 11) is 0. The maximum absolute atomic E-state index is 4.47. The molecule has 1 aromatic rings. The van der Waals surface area contributed by atoms with Crippen LogP contribution >= 0.6 is 31.9 Å². The number of pyridine rings is 1. The van der Waals surface area contributed by atoms with Gasteiger partial charge in [0.2, 0.25) is 0 Å². The molecule has 19 heavy (non-hydrogen) atoms. The van der Waals surface area contributed by atoms with Crippen LogP contribution in [0.4, 0.5) is 0 Å². The smallest absolute Gasteiger partial charge is 0.0684 e. The third-order valence-electron chi connectivity index (χ3n) is 4.07. The van der Waals surface area contributed by atoms with Gasteiger partial charge in [-0.1, -0.05) is 26.2 Å². The van der Waals surface area contributed by atoms with Gasteiger partial charge >= 0.3 is 0 Å². The molecule has 0 aliphatic heterocycles. The molecule has 0 spiro atoms. The van der Waals surface area contributed by atoms with Gasteiger partial charge < -0.3 is 5.32 Å². The molecule has 2 rings (SSSR count). The average Bonchev–Trinajstić information content (AvgIpc) is 2.43. The Labute approximate surface area is 133 Å². The predicted octanol–water partition coefficient (Wildman–Crippen LogP) is 5.06. The van der Waals surface area contributed by atoms with Crippen molar-refractivity contribution in [3.05, 3.63) is 26.9 Å². The van der Waals surface area contributed by atoms with Crippen LogP contribution in [0.25, 0.3) is 0 Å². The molecule has 1 N–H and O–H groups in total. The second kappa shape index (κ2) is 7.75. The summed E-state index contributed by atoms with van der Waals surface area (Å²) in [6.07, 6.45) is 10.1. The van der Waals surface area contributed by atoms with E-state index in [0.717, 1.165) is 27.1 Å². The highest BCUT2D eigenvalue weighted by Crippen LogP contribution is 2.28. The molecular weight excluding hydrogens is 368 g/mol. The van der Waals surface area contributed by atoms with Crippen molar-refractivity contribution in [2.75, 3.05) is 0 Å². The van der Waals surface area contributed by atoms with Crippen molar-refractivity contribution >= 4 is 31.9 Å². The van der Waals surface area contributed by atoms with E-state index in [0.29, 0.717) is 6.04 Å². The maximum atomic E-state index is 4.47. The highest BCUT2D eigenvalue weighted by atomic mass is 79.9. The summed E-state index contributed by atoms with van der Waals surface area (Å²) in [5.41, 5.74) is 1.09. The molecule has 1 aliphatic rings. The van der Waals surface area contributed by atoms with Crippen LogP contribution < -0.4 is 5.32 Å². The van der Waals surface area contributed by atoms with Gasteiger partial charge in [-0.15, -0.1) is 0 Å². The minimum absolute atomic E-state index is 0.637. The van der Waals surface area contributed by atoms with Crippen molar-refractivity contribution in [2.24, 2.45) is 5.92 Å². The van der Waals surface area contributed by atoms with Crippen molar-refractivity contribution in [1.29, 1.82) is 0 Å². The molecule has 1 unspecified atom stereocenters. The van der Waals surface area contributed by atoms with Crippen LogP contribution in [0.15, 0.2) is 21.2 Å². The summed E-state index contributed by atoms with van der Waals surface area (Å²) in [5.74, 6) is 0.855. The van der Waals surface area contributed by atoms with Crippen molar-refractivity contribution < 1.29 is 0 Å². The molecule has 1 aliphatic carbocycles. The number of rotatable bonds is 5. The Morgan fingerprint density at radius 2 is 2.05 bits per heavy atom. The first-order valence-electron chi connectivity index (χ1n) is 7.24. The molecule has 0 radical (unpaired) electrons. The fourth-order valence-corrected chi connectivity index (χ4v) is 4.11. The number of halogens is 2. The van der Waals surface area contributed by atoms with Gasteiger partial charge in [0, 0.05) is 27.7 Å². The van der Waals surface area contributed by atoms with Crippen LogP contribution in [-0.4, -0.2) is 11.0 Å². The quantitative estimate of drug-likeness (QED) is 0.761. The minimum Gasteiger partial charge on any atom is -0.308 e. The number of nitrogens with one attached hydrogen (secondary N) is 1. The summed E-state index contributed by atoms with van der Waals surface area (Å²) in [6, 6.07) is 2.70. The van der Waals surface area contributed by atoms with Crippen molar-refractivity contribution in [3.63, 3.8) is 0 Å². The standard InChI is InChI=1S/C15H22Br2N2/c1-2-14(11-6-4-3-5-7-11)19-10-15-13(17)8-12(16)9-18-15/h8-9,11,14,19H,2-7,10H2,1H3. The van der Waals surface area contributed by atoms with Crippen molar-refractivity contribution in [1.82, 2.24) is 10.3 Å². The van der Waals surface area contributed by atoms with Gasteiger partial charge in [0.05, 0.1) is 5.69 Å². The normalized spacial score (nSPS) is 18.5. The van der Waals surface area contributed by atoms with Crippen LogP contribution in [0.3, 0.4) is 0 Å². The first kappa shape index (κ1) is 15.5. The summed E-state index contributed by atoms with van der Waals surface area (Å²) >= 11 is 7.02. The topological polar surface area (TPSA) is 24.9 Å². The summed E-state index contributed by atoms with van der Waals surface area (Å²) in [4.78, 5) is 4.47. The summed E-state index contributed by atoms with van der Waals surface area (Å²) in [6.45, 7) is 3.14. The molecule has 1 heterocycles. The van der Waals surface area contributed by atoms with Gasteiger partial charge in [-0.05, 0) is 63.1 Å². The second-order valence-electron chi connectivity index (χ2n) is 5.38. The van der Waals surface area contributed by atoms with E-state index in [9.17, 15) is 0 Å². The molecule has 1 fully saturated rings. The van der Waals surface area contributed by atoms with Gasteiger partial charge in [-0.25, -0.2) is 0 Å². The molecule has 1 aromatic heterocycles. The van der Waals surface area contributed by atoms with E-state index < -0.39 is 0 Å². The largest absolute Gasteiger partial charge is 0.308 e. The van der Waals surface area contributed by atoms with E-state index in [1.807, 2.05) is 6.20 Å². The van der Waals surface area contributed by atoms with Gasteiger partial charge in [-0.2, -0.15) is 0 Å². The third-order valence-corrected chi connectivity index (χ3v) is 5.19. The molecule has 4 heteroatoms. The molecule has 1 atom stereocenters. The monoisotopic (exact) mass is 388 g/mol. The Bertz CT molecular complexity index is 403. The van der Waals surface area contributed by atoms with Crippen molar-refractivity contribution in [2.45, 2.75) is 58.0 Å². The zero-order valence-electron chi connectivity index (χ0n) is 11.5. The summed E-state index contributed by atoms with van der Waals surface area (Å²) < 4.78 is 2.09. The van der Waals surface area contributed by atoms with Gasteiger partial charge in [0.15, 0.2) is 0 Å².